The van der Waals surface area contributed by atoms with Gasteiger partial charge in [-0.3, -0.25) is 4.79 Å². The van der Waals surface area contributed by atoms with Gasteiger partial charge in [0.25, 0.3) is 0 Å². The summed E-state index contributed by atoms with van der Waals surface area (Å²) in [5.41, 5.74) is 0.903. The van der Waals surface area contributed by atoms with Crippen LogP contribution in [-0.2, 0) is 0 Å². The first-order chi connectivity index (χ1) is 10.6. The van der Waals surface area contributed by atoms with E-state index in [-0.39, 0.29) is 18.3 Å². The number of anilines is 1. The Bertz CT molecular complexity index is 758. The fourth-order valence-electron chi connectivity index (χ4n) is 1.98. The minimum Gasteiger partial charge on any atom is -0.506 e. The van der Waals surface area contributed by atoms with Gasteiger partial charge >= 0.3 is 0 Å². The number of allylic oxidation sites excluding steroid dienone is 1. The summed E-state index contributed by atoms with van der Waals surface area (Å²) in [6, 6.07) is 9.59. The Morgan fingerprint density at radius 2 is 2.00 bits per heavy atom. The van der Waals surface area contributed by atoms with Crippen molar-refractivity contribution in [2.45, 2.75) is 0 Å². The van der Waals surface area contributed by atoms with Crippen molar-refractivity contribution < 1.29 is 19.4 Å². The van der Waals surface area contributed by atoms with E-state index in [4.69, 9.17) is 21.1 Å². The van der Waals surface area contributed by atoms with Crippen LogP contribution in [0.1, 0.15) is 10.4 Å². The van der Waals surface area contributed by atoms with Crippen LogP contribution in [0.4, 0.5) is 5.69 Å². The second kappa shape index (κ2) is 5.99. The van der Waals surface area contributed by atoms with Gasteiger partial charge in [-0.05, 0) is 36.4 Å². The molecule has 3 rings (SSSR count). The standard InChI is InChI=1S/C16H12ClNO4/c17-11-2-3-14(20)12(8-11)18-6-5-13(19)10-1-4-15-16(7-10)22-9-21-15/h1-8,18,20H,9H2. The van der Waals surface area contributed by atoms with Crippen molar-refractivity contribution in [3.63, 3.8) is 0 Å². The van der Waals surface area contributed by atoms with Crippen LogP contribution in [0.15, 0.2) is 48.7 Å². The number of ether oxygens (including phenoxy) is 2. The maximum absolute atomic E-state index is 12.1. The van der Waals surface area contributed by atoms with Crippen LogP contribution in [0.2, 0.25) is 5.02 Å². The lowest BCUT2D eigenvalue weighted by molar-refractivity contribution is 0.104. The molecular formula is C16H12ClNO4. The molecule has 2 aromatic rings. The highest BCUT2D eigenvalue weighted by Gasteiger charge is 2.15. The summed E-state index contributed by atoms with van der Waals surface area (Å²) in [7, 11) is 0. The molecule has 1 aliphatic rings. The van der Waals surface area contributed by atoms with Gasteiger partial charge in [-0.1, -0.05) is 11.6 Å². The maximum Gasteiger partial charge on any atom is 0.231 e. The molecule has 1 heterocycles. The molecule has 112 valence electrons. The summed E-state index contributed by atoms with van der Waals surface area (Å²) >= 11 is 5.84. The van der Waals surface area contributed by atoms with Crippen LogP contribution in [0, 0.1) is 0 Å². The maximum atomic E-state index is 12.1. The van der Waals surface area contributed by atoms with Gasteiger partial charge in [0, 0.05) is 22.9 Å². The molecule has 0 fully saturated rings. The number of halogens is 1. The second-order valence-corrected chi connectivity index (χ2v) is 5.01. The molecular weight excluding hydrogens is 306 g/mol. The summed E-state index contributed by atoms with van der Waals surface area (Å²) in [6.45, 7) is 0.165. The van der Waals surface area contributed by atoms with Crippen molar-refractivity contribution in [1.82, 2.24) is 0 Å². The van der Waals surface area contributed by atoms with Crippen LogP contribution in [0.3, 0.4) is 0 Å². The Morgan fingerprint density at radius 3 is 2.86 bits per heavy atom. The van der Waals surface area contributed by atoms with Gasteiger partial charge in [0.15, 0.2) is 17.3 Å². The number of carbonyl (C=O) groups excluding carboxylic acids is 1. The highest BCUT2D eigenvalue weighted by atomic mass is 35.5. The van der Waals surface area contributed by atoms with Crippen LogP contribution in [0.25, 0.3) is 0 Å². The number of carbonyl (C=O) groups is 1. The molecule has 2 N–H and O–H groups in total. The van der Waals surface area contributed by atoms with Gasteiger partial charge in [0.1, 0.15) is 5.75 Å². The first kappa shape index (κ1) is 14.3. The highest BCUT2D eigenvalue weighted by molar-refractivity contribution is 6.30. The lowest BCUT2D eigenvalue weighted by Crippen LogP contribution is -1.96. The van der Waals surface area contributed by atoms with E-state index in [9.17, 15) is 9.90 Å². The molecule has 0 aromatic heterocycles. The van der Waals surface area contributed by atoms with Crippen LogP contribution >= 0.6 is 11.6 Å². The Morgan fingerprint density at radius 1 is 1.18 bits per heavy atom. The minimum atomic E-state index is -0.202. The van der Waals surface area contributed by atoms with E-state index in [2.05, 4.69) is 5.32 Å². The van der Waals surface area contributed by atoms with E-state index in [0.717, 1.165) is 0 Å². The predicted molar refractivity (Wildman–Crippen MR) is 82.8 cm³/mol. The number of benzene rings is 2. The number of hydrogen-bond donors (Lipinski definition) is 2. The van der Waals surface area contributed by atoms with Crippen molar-refractivity contribution in [2.24, 2.45) is 0 Å². The SMILES string of the molecule is O=C(C=CNc1cc(Cl)ccc1O)c1ccc2c(c1)OCO2. The summed E-state index contributed by atoms with van der Waals surface area (Å²) in [5, 5.41) is 12.9. The first-order valence-corrected chi connectivity index (χ1v) is 6.87. The van der Waals surface area contributed by atoms with E-state index >= 15 is 0 Å². The molecule has 22 heavy (non-hydrogen) atoms. The summed E-state index contributed by atoms with van der Waals surface area (Å²) in [6.07, 6.45) is 2.80. The number of hydrogen-bond acceptors (Lipinski definition) is 5. The first-order valence-electron chi connectivity index (χ1n) is 6.49. The average molecular weight is 318 g/mol. The van der Waals surface area contributed by atoms with Crippen LogP contribution < -0.4 is 14.8 Å². The Balaban J connectivity index is 1.70. The summed E-state index contributed by atoms with van der Waals surface area (Å²) in [4.78, 5) is 12.1. The number of nitrogens with one attached hydrogen (secondary N) is 1. The van der Waals surface area contributed by atoms with Gasteiger partial charge in [-0.2, -0.15) is 0 Å². The number of aromatic hydroxyl groups is 1. The third-order valence-corrected chi connectivity index (χ3v) is 3.32. The minimum absolute atomic E-state index is 0.0459. The van der Waals surface area contributed by atoms with E-state index in [1.807, 2.05) is 0 Å². The fraction of sp³-hybridized carbons (Fsp3) is 0.0625. The van der Waals surface area contributed by atoms with Crippen LogP contribution in [0.5, 0.6) is 17.2 Å². The second-order valence-electron chi connectivity index (χ2n) is 4.57. The van der Waals surface area contributed by atoms with Crippen molar-refractivity contribution >= 4 is 23.1 Å². The molecule has 5 nitrogen and oxygen atoms in total. The van der Waals surface area contributed by atoms with Gasteiger partial charge in [0.05, 0.1) is 5.69 Å². The number of phenolic OH excluding ortho intramolecular Hbond substituents is 1. The third-order valence-electron chi connectivity index (χ3n) is 3.09. The van der Waals surface area contributed by atoms with E-state index < -0.39 is 0 Å². The molecule has 0 atom stereocenters. The zero-order valence-corrected chi connectivity index (χ0v) is 12.1. The molecule has 0 saturated carbocycles. The Kier molecular flexibility index (Phi) is 3.89. The van der Waals surface area contributed by atoms with Crippen molar-refractivity contribution in [1.29, 1.82) is 0 Å². The highest BCUT2D eigenvalue weighted by Crippen LogP contribution is 2.32. The summed E-state index contributed by atoms with van der Waals surface area (Å²) < 4.78 is 10.4. The number of fused-ring (bicyclic) bond motifs is 1. The molecule has 0 saturated heterocycles. The Hall–Kier alpha value is -2.66. The number of rotatable bonds is 4. The fourth-order valence-corrected chi connectivity index (χ4v) is 2.15. The van der Waals surface area contributed by atoms with E-state index in [1.165, 1.54) is 18.3 Å². The molecule has 0 unspecified atom stereocenters. The van der Waals surface area contributed by atoms with Crippen LogP contribution in [-0.4, -0.2) is 17.7 Å². The van der Waals surface area contributed by atoms with E-state index in [1.54, 1.807) is 30.3 Å². The molecule has 0 bridgehead atoms. The quantitative estimate of drug-likeness (QED) is 0.512. The monoisotopic (exact) mass is 317 g/mol. The third kappa shape index (κ3) is 2.99. The molecule has 0 amide bonds. The number of phenols is 1. The predicted octanol–water partition coefficient (Wildman–Crippen LogP) is 3.58. The van der Waals surface area contributed by atoms with Crippen molar-refractivity contribution in [2.75, 3.05) is 12.1 Å². The van der Waals surface area contributed by atoms with Crippen molar-refractivity contribution in [3.05, 3.63) is 59.3 Å². The van der Waals surface area contributed by atoms with Gasteiger partial charge in [-0.15, -0.1) is 0 Å². The smallest absolute Gasteiger partial charge is 0.231 e. The molecule has 0 spiro atoms. The average Bonchev–Trinajstić information content (AvgIpc) is 2.98. The lowest BCUT2D eigenvalue weighted by Gasteiger charge is -2.04. The van der Waals surface area contributed by atoms with Gasteiger partial charge in [-0.25, -0.2) is 0 Å². The topological polar surface area (TPSA) is 67.8 Å². The molecule has 6 heteroatoms. The van der Waals surface area contributed by atoms with E-state index in [0.29, 0.717) is 27.8 Å². The molecule has 1 aliphatic heterocycles. The normalized spacial score (nSPS) is 12.6. The lowest BCUT2D eigenvalue weighted by atomic mass is 10.1. The largest absolute Gasteiger partial charge is 0.506 e. The van der Waals surface area contributed by atoms with Crippen molar-refractivity contribution in [3.8, 4) is 17.2 Å². The summed E-state index contributed by atoms with van der Waals surface area (Å²) in [5.74, 6) is 1.03. The Labute approximate surface area is 131 Å². The zero-order valence-electron chi connectivity index (χ0n) is 11.4. The van der Waals surface area contributed by atoms with Gasteiger partial charge in [0.2, 0.25) is 6.79 Å². The van der Waals surface area contributed by atoms with Gasteiger partial charge < -0.3 is 19.9 Å². The zero-order chi connectivity index (χ0) is 15.5. The molecule has 0 radical (unpaired) electrons. The molecule has 2 aromatic carbocycles. The molecule has 0 aliphatic carbocycles. The number of ketones is 1.